The standard InChI is InChI=1S/C38H54N2O2/c1-4-6-8-10-12-14-19-32-21-23-34(24-22-32)38-39-29-35(30-40-38)33-25-27-36(28-26-33)42-37(41)20-16-15-18-31(3)17-13-11-9-7-5-2/h21-31H,4-20H2,1-3H3. The zero-order valence-corrected chi connectivity index (χ0v) is 26.6. The Balaban J connectivity index is 1.37. The van der Waals surface area contributed by atoms with E-state index in [-0.39, 0.29) is 5.97 Å². The third-order valence-corrected chi connectivity index (χ3v) is 8.23. The summed E-state index contributed by atoms with van der Waals surface area (Å²) in [5.74, 6) is 1.91. The molecule has 1 atom stereocenters. The first-order valence-corrected chi connectivity index (χ1v) is 16.8. The molecule has 4 heteroatoms. The van der Waals surface area contributed by atoms with Crippen molar-refractivity contribution in [2.24, 2.45) is 5.92 Å². The van der Waals surface area contributed by atoms with Crippen molar-refractivity contribution in [3.05, 3.63) is 66.5 Å². The summed E-state index contributed by atoms with van der Waals surface area (Å²) in [4.78, 5) is 21.6. The minimum Gasteiger partial charge on any atom is -0.427 e. The van der Waals surface area contributed by atoms with E-state index in [2.05, 4.69) is 55.0 Å². The van der Waals surface area contributed by atoms with Gasteiger partial charge in [0.05, 0.1) is 0 Å². The van der Waals surface area contributed by atoms with Crippen LogP contribution in [-0.2, 0) is 11.2 Å². The lowest BCUT2D eigenvalue weighted by atomic mass is 9.96. The Hall–Kier alpha value is -3.01. The van der Waals surface area contributed by atoms with Gasteiger partial charge in [-0.3, -0.25) is 4.79 Å². The van der Waals surface area contributed by atoms with E-state index in [4.69, 9.17) is 4.74 Å². The van der Waals surface area contributed by atoms with Crippen LogP contribution in [0.15, 0.2) is 60.9 Å². The lowest BCUT2D eigenvalue weighted by Gasteiger charge is -2.11. The van der Waals surface area contributed by atoms with Gasteiger partial charge in [0.25, 0.3) is 0 Å². The molecule has 0 amide bonds. The third-order valence-electron chi connectivity index (χ3n) is 8.23. The van der Waals surface area contributed by atoms with Gasteiger partial charge in [-0.05, 0) is 48.4 Å². The summed E-state index contributed by atoms with van der Waals surface area (Å²) < 4.78 is 5.58. The lowest BCUT2D eigenvalue weighted by Crippen LogP contribution is -2.07. The maximum Gasteiger partial charge on any atom is 0.311 e. The van der Waals surface area contributed by atoms with Gasteiger partial charge in [0.15, 0.2) is 5.82 Å². The molecule has 1 aromatic heterocycles. The molecule has 0 aliphatic carbocycles. The first kappa shape index (κ1) is 33.5. The molecule has 1 unspecified atom stereocenters. The van der Waals surface area contributed by atoms with Crippen LogP contribution >= 0.6 is 0 Å². The summed E-state index contributed by atoms with van der Waals surface area (Å²) in [5, 5.41) is 0. The third kappa shape index (κ3) is 12.9. The van der Waals surface area contributed by atoms with Crippen molar-refractivity contribution in [2.45, 2.75) is 130 Å². The topological polar surface area (TPSA) is 52.1 Å². The molecule has 42 heavy (non-hydrogen) atoms. The van der Waals surface area contributed by atoms with Crippen molar-refractivity contribution < 1.29 is 9.53 Å². The summed E-state index contributed by atoms with van der Waals surface area (Å²) in [7, 11) is 0. The van der Waals surface area contributed by atoms with Gasteiger partial charge < -0.3 is 4.74 Å². The van der Waals surface area contributed by atoms with E-state index in [1.807, 2.05) is 36.7 Å². The number of hydrogen-bond donors (Lipinski definition) is 0. The van der Waals surface area contributed by atoms with Crippen LogP contribution in [0.4, 0.5) is 0 Å². The van der Waals surface area contributed by atoms with Crippen molar-refractivity contribution >= 4 is 5.97 Å². The first-order valence-electron chi connectivity index (χ1n) is 16.8. The fourth-order valence-electron chi connectivity index (χ4n) is 5.46. The smallest absolute Gasteiger partial charge is 0.311 e. The molecule has 0 saturated heterocycles. The van der Waals surface area contributed by atoms with Crippen molar-refractivity contribution in [1.29, 1.82) is 0 Å². The highest BCUT2D eigenvalue weighted by molar-refractivity contribution is 5.73. The molecule has 3 rings (SSSR count). The highest BCUT2D eigenvalue weighted by Gasteiger charge is 2.09. The maximum atomic E-state index is 12.3. The van der Waals surface area contributed by atoms with Crippen LogP contribution in [0.3, 0.4) is 0 Å². The summed E-state index contributed by atoms with van der Waals surface area (Å²) in [5.41, 5.74) is 4.35. The number of aromatic nitrogens is 2. The van der Waals surface area contributed by atoms with Crippen LogP contribution < -0.4 is 4.74 Å². The fraction of sp³-hybridized carbons (Fsp3) is 0.553. The van der Waals surface area contributed by atoms with Crippen LogP contribution in [0.5, 0.6) is 5.75 Å². The molecule has 0 fully saturated rings. The van der Waals surface area contributed by atoms with Crippen molar-refractivity contribution in [3.63, 3.8) is 0 Å². The first-order chi connectivity index (χ1) is 20.6. The molecule has 0 N–H and O–H groups in total. The molecule has 3 aromatic rings. The van der Waals surface area contributed by atoms with Gasteiger partial charge >= 0.3 is 5.97 Å². The molecule has 0 aliphatic rings. The van der Waals surface area contributed by atoms with Crippen molar-refractivity contribution in [1.82, 2.24) is 9.97 Å². The minimum atomic E-state index is -0.152. The number of nitrogens with zero attached hydrogens (tertiary/aromatic N) is 2. The van der Waals surface area contributed by atoms with Crippen LogP contribution in [0, 0.1) is 5.92 Å². The molecule has 2 aromatic carbocycles. The highest BCUT2D eigenvalue weighted by atomic mass is 16.5. The normalized spacial score (nSPS) is 11.9. The number of rotatable bonds is 21. The van der Waals surface area contributed by atoms with Crippen molar-refractivity contribution in [3.8, 4) is 28.3 Å². The van der Waals surface area contributed by atoms with Gasteiger partial charge in [-0.1, -0.05) is 141 Å². The lowest BCUT2D eigenvalue weighted by molar-refractivity contribution is -0.134. The molecular formula is C38H54N2O2. The predicted molar refractivity (Wildman–Crippen MR) is 177 cm³/mol. The van der Waals surface area contributed by atoms with Gasteiger partial charge in [-0.15, -0.1) is 0 Å². The average molecular weight is 571 g/mol. The number of carbonyl (C=O) groups excluding carboxylic acids is 1. The highest BCUT2D eigenvalue weighted by Crippen LogP contribution is 2.24. The monoisotopic (exact) mass is 570 g/mol. The quantitative estimate of drug-likeness (QED) is 0.0726. The number of esters is 1. The Kier molecular flexibility index (Phi) is 15.9. The second-order valence-electron chi connectivity index (χ2n) is 12.1. The number of aryl methyl sites for hydroxylation is 1. The summed E-state index contributed by atoms with van der Waals surface area (Å²) in [6, 6.07) is 16.3. The van der Waals surface area contributed by atoms with Crippen LogP contribution in [-0.4, -0.2) is 15.9 Å². The largest absolute Gasteiger partial charge is 0.427 e. The second-order valence-corrected chi connectivity index (χ2v) is 12.1. The SMILES string of the molecule is CCCCCCCCc1ccc(-c2ncc(-c3ccc(OC(=O)CCCCC(C)CCCCCCC)cc3)cn2)cc1. The number of ether oxygens (including phenoxy) is 1. The van der Waals surface area contributed by atoms with Gasteiger partial charge in [0.1, 0.15) is 5.75 Å². The second kappa shape index (κ2) is 20.0. The van der Waals surface area contributed by atoms with Gasteiger partial charge in [0.2, 0.25) is 0 Å². The Morgan fingerprint density at radius 2 is 1.19 bits per heavy atom. The minimum absolute atomic E-state index is 0.152. The maximum absolute atomic E-state index is 12.3. The van der Waals surface area contributed by atoms with Crippen molar-refractivity contribution in [2.75, 3.05) is 0 Å². The molecule has 4 nitrogen and oxygen atoms in total. The van der Waals surface area contributed by atoms with E-state index < -0.39 is 0 Å². The van der Waals surface area contributed by atoms with E-state index >= 15 is 0 Å². The molecule has 0 saturated carbocycles. The summed E-state index contributed by atoms with van der Waals surface area (Å²) in [6.07, 6.45) is 24.5. The molecule has 0 aliphatic heterocycles. The number of unbranched alkanes of at least 4 members (excludes halogenated alkanes) is 10. The Labute approximate surface area is 255 Å². The zero-order chi connectivity index (χ0) is 29.8. The Bertz CT molecular complexity index is 1120. The van der Waals surface area contributed by atoms with E-state index in [1.54, 1.807) is 0 Å². The van der Waals surface area contributed by atoms with E-state index in [0.29, 0.717) is 12.2 Å². The van der Waals surface area contributed by atoms with E-state index in [1.165, 1.54) is 89.0 Å². The molecule has 228 valence electrons. The summed E-state index contributed by atoms with van der Waals surface area (Å²) >= 11 is 0. The van der Waals surface area contributed by atoms with Gasteiger partial charge in [0, 0.05) is 29.9 Å². The Morgan fingerprint density at radius 3 is 1.83 bits per heavy atom. The summed E-state index contributed by atoms with van der Waals surface area (Å²) in [6.45, 7) is 6.86. The van der Waals surface area contributed by atoms with Crippen LogP contribution in [0.25, 0.3) is 22.5 Å². The Morgan fingerprint density at radius 1 is 0.643 bits per heavy atom. The van der Waals surface area contributed by atoms with E-state index in [9.17, 15) is 4.79 Å². The van der Waals surface area contributed by atoms with Crippen LogP contribution in [0.2, 0.25) is 0 Å². The molecule has 0 spiro atoms. The molecule has 0 bridgehead atoms. The number of hydrogen-bond acceptors (Lipinski definition) is 4. The predicted octanol–water partition coefficient (Wildman–Crippen LogP) is 11.2. The molecular weight excluding hydrogens is 516 g/mol. The van der Waals surface area contributed by atoms with Gasteiger partial charge in [-0.2, -0.15) is 0 Å². The number of benzene rings is 2. The molecule has 0 radical (unpaired) electrons. The van der Waals surface area contributed by atoms with E-state index in [0.717, 1.165) is 47.7 Å². The van der Waals surface area contributed by atoms with Gasteiger partial charge in [-0.25, -0.2) is 9.97 Å². The molecule has 1 heterocycles. The fourth-order valence-corrected chi connectivity index (χ4v) is 5.46. The number of carbonyl (C=O) groups is 1. The average Bonchev–Trinajstić information content (AvgIpc) is 3.02. The zero-order valence-electron chi connectivity index (χ0n) is 26.6. The van der Waals surface area contributed by atoms with Crippen LogP contribution in [0.1, 0.15) is 129 Å².